The van der Waals surface area contributed by atoms with Crippen molar-refractivity contribution in [3.05, 3.63) is 101 Å². The van der Waals surface area contributed by atoms with Gasteiger partial charge in [0, 0.05) is 35.1 Å². The van der Waals surface area contributed by atoms with E-state index >= 15 is 0 Å². The Labute approximate surface area is 219 Å². The number of hydrogen-bond donors (Lipinski definition) is 1. The summed E-state index contributed by atoms with van der Waals surface area (Å²) in [5.41, 5.74) is 4.97. The number of rotatable bonds is 5. The van der Waals surface area contributed by atoms with Crippen LogP contribution in [0.2, 0.25) is 0 Å². The Morgan fingerprint density at radius 1 is 0.974 bits per heavy atom. The third kappa shape index (κ3) is 3.80. The molecule has 1 N–H and O–H groups in total. The van der Waals surface area contributed by atoms with Crippen LogP contribution in [0.5, 0.6) is 5.75 Å². The molecule has 0 spiro atoms. The number of nitrogens with zero attached hydrogens (tertiary/aromatic N) is 2. The molecular weight excluding hydrogens is 482 g/mol. The summed E-state index contributed by atoms with van der Waals surface area (Å²) in [5, 5.41) is 1.04. The van der Waals surface area contributed by atoms with Gasteiger partial charge in [0.05, 0.1) is 25.8 Å². The fourth-order valence-electron chi connectivity index (χ4n) is 5.76. The molecular formula is C30H27N3O5. The zero-order chi connectivity index (χ0) is 26.4. The second-order valence-electron chi connectivity index (χ2n) is 9.61. The standard InChI is InChI=1S/C30H27N3O5/c1-37-25-10-6-3-7-20(25)16-32-17-26(34)33-24(29(32)35)15-22-21-8-4-5-9-23(21)31-27(22)28(33)18-11-13-19(14-12-18)30(36)38-2/h3-14,24,28,31H,15-17H2,1-2H3/t24-,28-/m0/s1. The van der Waals surface area contributed by atoms with Crippen molar-refractivity contribution >= 4 is 28.7 Å². The van der Waals surface area contributed by atoms with Crippen molar-refractivity contribution in [2.75, 3.05) is 20.8 Å². The first-order valence-electron chi connectivity index (χ1n) is 12.5. The minimum absolute atomic E-state index is 0.0281. The zero-order valence-corrected chi connectivity index (χ0v) is 21.1. The number of esters is 1. The molecule has 0 unspecified atom stereocenters. The van der Waals surface area contributed by atoms with Gasteiger partial charge in [-0.3, -0.25) is 9.59 Å². The summed E-state index contributed by atoms with van der Waals surface area (Å²) in [6.45, 7) is 0.262. The second-order valence-corrected chi connectivity index (χ2v) is 9.61. The minimum Gasteiger partial charge on any atom is -0.496 e. The van der Waals surface area contributed by atoms with E-state index < -0.39 is 18.1 Å². The van der Waals surface area contributed by atoms with E-state index in [0.717, 1.165) is 33.3 Å². The number of carbonyl (C=O) groups excluding carboxylic acids is 3. The Bertz CT molecular complexity index is 1560. The van der Waals surface area contributed by atoms with E-state index in [9.17, 15) is 14.4 Å². The van der Waals surface area contributed by atoms with E-state index in [4.69, 9.17) is 9.47 Å². The fourth-order valence-corrected chi connectivity index (χ4v) is 5.76. The molecule has 8 heteroatoms. The van der Waals surface area contributed by atoms with Crippen LogP contribution in [0.3, 0.4) is 0 Å². The first-order chi connectivity index (χ1) is 18.5. The van der Waals surface area contributed by atoms with Crippen LogP contribution in [0.15, 0.2) is 72.8 Å². The lowest BCUT2D eigenvalue weighted by molar-refractivity contribution is -0.159. The number of methoxy groups -OCH3 is 2. The molecule has 0 bridgehead atoms. The number of aromatic amines is 1. The van der Waals surface area contributed by atoms with Crippen LogP contribution in [0, 0.1) is 0 Å². The molecule has 1 fully saturated rings. The molecule has 0 aliphatic carbocycles. The zero-order valence-electron chi connectivity index (χ0n) is 21.1. The maximum Gasteiger partial charge on any atom is 0.337 e. The van der Waals surface area contributed by atoms with Crippen LogP contribution in [-0.2, 0) is 27.3 Å². The van der Waals surface area contributed by atoms with E-state index in [1.54, 1.807) is 29.0 Å². The summed E-state index contributed by atoms with van der Waals surface area (Å²) in [7, 11) is 2.94. The Morgan fingerprint density at radius 3 is 2.47 bits per heavy atom. The molecule has 4 aromatic rings. The fraction of sp³-hybridized carbons (Fsp3) is 0.233. The van der Waals surface area contributed by atoms with Crippen LogP contribution >= 0.6 is 0 Å². The summed E-state index contributed by atoms with van der Waals surface area (Å²) in [5.74, 6) is 0.0281. The van der Waals surface area contributed by atoms with Crippen LogP contribution in [0.25, 0.3) is 10.9 Å². The smallest absolute Gasteiger partial charge is 0.337 e. The molecule has 3 heterocycles. The number of para-hydroxylation sites is 2. The van der Waals surface area contributed by atoms with Crippen molar-refractivity contribution in [1.82, 2.24) is 14.8 Å². The first-order valence-corrected chi connectivity index (χ1v) is 12.5. The molecule has 192 valence electrons. The number of carbonyl (C=O) groups is 3. The summed E-state index contributed by atoms with van der Waals surface area (Å²) >= 11 is 0. The molecule has 2 aliphatic heterocycles. The highest BCUT2D eigenvalue weighted by atomic mass is 16.5. The number of benzene rings is 3. The minimum atomic E-state index is -0.650. The predicted molar refractivity (Wildman–Crippen MR) is 141 cm³/mol. The van der Waals surface area contributed by atoms with E-state index in [1.165, 1.54) is 7.11 Å². The van der Waals surface area contributed by atoms with Gasteiger partial charge in [0.1, 0.15) is 18.3 Å². The van der Waals surface area contributed by atoms with Gasteiger partial charge in [0.2, 0.25) is 11.8 Å². The normalized spacial score (nSPS) is 18.8. The van der Waals surface area contributed by atoms with E-state index in [0.29, 0.717) is 17.7 Å². The molecule has 6 rings (SSSR count). The molecule has 0 radical (unpaired) electrons. The molecule has 1 aromatic heterocycles. The molecule has 2 aliphatic rings. The number of fused-ring (bicyclic) bond motifs is 4. The number of ether oxygens (including phenoxy) is 2. The molecule has 2 atom stereocenters. The largest absolute Gasteiger partial charge is 0.496 e. The van der Waals surface area contributed by atoms with Gasteiger partial charge in [-0.15, -0.1) is 0 Å². The van der Waals surface area contributed by atoms with Gasteiger partial charge in [-0.25, -0.2) is 4.79 Å². The van der Waals surface area contributed by atoms with Crippen LogP contribution < -0.4 is 4.74 Å². The van der Waals surface area contributed by atoms with Gasteiger partial charge < -0.3 is 24.3 Å². The molecule has 2 amide bonds. The van der Waals surface area contributed by atoms with Gasteiger partial charge in [0.15, 0.2) is 0 Å². The van der Waals surface area contributed by atoms with Crippen molar-refractivity contribution in [3.63, 3.8) is 0 Å². The highest BCUT2D eigenvalue weighted by Gasteiger charge is 2.48. The Hall–Kier alpha value is -4.59. The second kappa shape index (κ2) is 9.37. The van der Waals surface area contributed by atoms with Crippen LogP contribution in [0.4, 0.5) is 0 Å². The topological polar surface area (TPSA) is 91.9 Å². The summed E-state index contributed by atoms with van der Waals surface area (Å²) in [6.07, 6.45) is 0.420. The maximum atomic E-state index is 14.0. The van der Waals surface area contributed by atoms with Crippen molar-refractivity contribution in [2.45, 2.75) is 25.0 Å². The van der Waals surface area contributed by atoms with E-state index in [-0.39, 0.29) is 24.9 Å². The molecule has 0 saturated carbocycles. The van der Waals surface area contributed by atoms with Crippen LogP contribution in [-0.4, -0.2) is 59.4 Å². The maximum absolute atomic E-state index is 14.0. The molecule has 1 saturated heterocycles. The monoisotopic (exact) mass is 509 g/mol. The number of hydrogen-bond acceptors (Lipinski definition) is 5. The summed E-state index contributed by atoms with van der Waals surface area (Å²) in [6, 6.07) is 21.4. The Morgan fingerprint density at radius 2 is 1.71 bits per heavy atom. The van der Waals surface area contributed by atoms with E-state index in [1.807, 2.05) is 60.7 Å². The molecule has 38 heavy (non-hydrogen) atoms. The molecule has 8 nitrogen and oxygen atoms in total. The first kappa shape index (κ1) is 23.8. The van der Waals surface area contributed by atoms with Gasteiger partial charge in [-0.2, -0.15) is 0 Å². The number of H-pyrrole nitrogens is 1. The summed E-state index contributed by atoms with van der Waals surface area (Å²) < 4.78 is 10.3. The van der Waals surface area contributed by atoms with Crippen molar-refractivity contribution in [1.29, 1.82) is 0 Å². The van der Waals surface area contributed by atoms with Gasteiger partial charge in [-0.05, 0) is 35.4 Å². The lowest BCUT2D eigenvalue weighted by atomic mass is 9.86. The lowest BCUT2D eigenvalue weighted by Gasteiger charge is -2.47. The van der Waals surface area contributed by atoms with Gasteiger partial charge in [0.25, 0.3) is 0 Å². The third-order valence-corrected chi connectivity index (χ3v) is 7.54. The average molecular weight is 510 g/mol. The SMILES string of the molecule is COC(=O)c1ccc([C@H]2c3[nH]c4ccccc4c3C[C@H]3C(=O)N(Cc4ccccc4OC)CC(=O)N23)cc1. The highest BCUT2D eigenvalue weighted by molar-refractivity contribution is 5.97. The average Bonchev–Trinajstić information content (AvgIpc) is 3.33. The van der Waals surface area contributed by atoms with Gasteiger partial charge in [-0.1, -0.05) is 48.5 Å². The van der Waals surface area contributed by atoms with Crippen molar-refractivity contribution in [2.24, 2.45) is 0 Å². The number of aromatic nitrogens is 1. The Kier molecular flexibility index (Phi) is 5.87. The lowest BCUT2D eigenvalue weighted by Crippen LogP contribution is -2.62. The van der Waals surface area contributed by atoms with Crippen molar-refractivity contribution in [3.8, 4) is 5.75 Å². The predicted octanol–water partition coefficient (Wildman–Crippen LogP) is 3.85. The highest BCUT2D eigenvalue weighted by Crippen LogP contribution is 2.42. The Balaban J connectivity index is 1.43. The number of piperazine rings is 1. The third-order valence-electron chi connectivity index (χ3n) is 7.54. The van der Waals surface area contributed by atoms with E-state index in [2.05, 4.69) is 4.98 Å². The molecule has 3 aromatic carbocycles. The van der Waals surface area contributed by atoms with Gasteiger partial charge >= 0.3 is 5.97 Å². The van der Waals surface area contributed by atoms with Crippen molar-refractivity contribution < 1.29 is 23.9 Å². The summed E-state index contributed by atoms with van der Waals surface area (Å²) in [4.78, 5) is 46.6. The quantitative estimate of drug-likeness (QED) is 0.413. The number of nitrogens with one attached hydrogen (secondary N) is 1. The van der Waals surface area contributed by atoms with Crippen LogP contribution in [0.1, 0.15) is 38.8 Å². The number of amides is 2.